The summed E-state index contributed by atoms with van der Waals surface area (Å²) >= 11 is 0. The lowest BCUT2D eigenvalue weighted by Gasteiger charge is -2.14. The molecular formula is C17H21NO. The molecule has 0 saturated heterocycles. The van der Waals surface area contributed by atoms with Gasteiger partial charge in [0.1, 0.15) is 5.75 Å². The zero-order valence-electron chi connectivity index (χ0n) is 12.0. The van der Waals surface area contributed by atoms with Gasteiger partial charge >= 0.3 is 0 Å². The Bertz CT molecular complexity index is 602. The maximum atomic E-state index is 9.94. The van der Waals surface area contributed by atoms with Gasteiger partial charge < -0.3 is 10.4 Å². The smallest absolute Gasteiger partial charge is 0.123 e. The quantitative estimate of drug-likeness (QED) is 0.860. The van der Waals surface area contributed by atoms with Crippen LogP contribution in [0.4, 0.5) is 5.69 Å². The molecule has 0 spiro atoms. The minimum absolute atomic E-state index is 0.381. The van der Waals surface area contributed by atoms with Crippen molar-refractivity contribution in [2.75, 3.05) is 5.32 Å². The maximum absolute atomic E-state index is 9.94. The molecule has 0 bridgehead atoms. The zero-order valence-corrected chi connectivity index (χ0v) is 12.0. The molecule has 0 aromatic heterocycles. The highest BCUT2D eigenvalue weighted by Gasteiger charge is 2.06. The van der Waals surface area contributed by atoms with Crippen LogP contribution in [0.5, 0.6) is 5.75 Å². The average molecular weight is 255 g/mol. The third kappa shape index (κ3) is 2.73. The van der Waals surface area contributed by atoms with Crippen LogP contribution < -0.4 is 5.32 Å². The monoisotopic (exact) mass is 255 g/mol. The summed E-state index contributed by atoms with van der Waals surface area (Å²) in [5.74, 6) is 0.381. The highest BCUT2D eigenvalue weighted by molar-refractivity contribution is 5.59. The molecule has 100 valence electrons. The van der Waals surface area contributed by atoms with Crippen LogP contribution in [0.2, 0.25) is 0 Å². The molecule has 0 unspecified atom stereocenters. The molecule has 0 aliphatic heterocycles. The van der Waals surface area contributed by atoms with Crippen LogP contribution in [0.3, 0.4) is 0 Å². The number of anilines is 1. The fourth-order valence-corrected chi connectivity index (χ4v) is 2.22. The Morgan fingerprint density at radius 3 is 2.37 bits per heavy atom. The second kappa shape index (κ2) is 5.35. The molecular weight excluding hydrogens is 234 g/mol. The SMILES string of the molecule is Cc1cccc(CNc2ccc(C)c(O)c2C)c1C. The van der Waals surface area contributed by atoms with Gasteiger partial charge in [-0.05, 0) is 56.0 Å². The van der Waals surface area contributed by atoms with Gasteiger partial charge in [0, 0.05) is 17.8 Å². The lowest BCUT2D eigenvalue weighted by atomic mass is 10.0. The first-order valence-electron chi connectivity index (χ1n) is 6.59. The van der Waals surface area contributed by atoms with Gasteiger partial charge in [-0.3, -0.25) is 0 Å². The minimum atomic E-state index is 0.381. The highest BCUT2D eigenvalue weighted by atomic mass is 16.3. The van der Waals surface area contributed by atoms with Gasteiger partial charge in [-0.25, -0.2) is 0 Å². The molecule has 0 saturated carbocycles. The summed E-state index contributed by atoms with van der Waals surface area (Å²) in [6, 6.07) is 10.3. The van der Waals surface area contributed by atoms with Crippen LogP contribution in [-0.2, 0) is 6.54 Å². The fraction of sp³-hybridized carbons (Fsp3) is 0.294. The van der Waals surface area contributed by atoms with E-state index in [4.69, 9.17) is 0 Å². The average Bonchev–Trinajstić information content (AvgIpc) is 2.40. The number of hydrogen-bond acceptors (Lipinski definition) is 2. The van der Waals surface area contributed by atoms with Crippen molar-refractivity contribution in [3.8, 4) is 5.75 Å². The highest BCUT2D eigenvalue weighted by Crippen LogP contribution is 2.28. The first-order valence-corrected chi connectivity index (χ1v) is 6.59. The molecule has 0 fully saturated rings. The summed E-state index contributed by atoms with van der Waals surface area (Å²) in [4.78, 5) is 0. The number of aromatic hydroxyl groups is 1. The van der Waals surface area contributed by atoms with Crippen molar-refractivity contribution >= 4 is 5.69 Å². The van der Waals surface area contributed by atoms with E-state index in [1.54, 1.807) is 0 Å². The van der Waals surface area contributed by atoms with Gasteiger partial charge in [0.25, 0.3) is 0 Å². The standard InChI is InChI=1S/C17H21NO/c1-11-6-5-7-15(13(11)3)10-18-16-9-8-12(2)17(19)14(16)4/h5-9,18-19H,10H2,1-4H3. The molecule has 0 radical (unpaired) electrons. The number of rotatable bonds is 3. The molecule has 2 nitrogen and oxygen atoms in total. The molecule has 2 rings (SSSR count). The molecule has 0 heterocycles. The minimum Gasteiger partial charge on any atom is -0.507 e. The van der Waals surface area contributed by atoms with Crippen molar-refractivity contribution in [2.45, 2.75) is 34.2 Å². The Morgan fingerprint density at radius 1 is 0.895 bits per heavy atom. The van der Waals surface area contributed by atoms with E-state index in [0.29, 0.717) is 5.75 Å². The van der Waals surface area contributed by atoms with E-state index in [9.17, 15) is 5.11 Å². The molecule has 0 atom stereocenters. The van der Waals surface area contributed by atoms with Crippen LogP contribution in [0.15, 0.2) is 30.3 Å². The van der Waals surface area contributed by atoms with Gasteiger partial charge in [0.05, 0.1) is 0 Å². The van der Waals surface area contributed by atoms with Crippen LogP contribution in [0, 0.1) is 27.7 Å². The molecule has 0 aliphatic rings. The predicted octanol–water partition coefficient (Wildman–Crippen LogP) is 4.24. The van der Waals surface area contributed by atoms with Crippen LogP contribution in [0.25, 0.3) is 0 Å². The Kier molecular flexibility index (Phi) is 3.79. The van der Waals surface area contributed by atoms with Crippen molar-refractivity contribution in [2.24, 2.45) is 0 Å². The van der Waals surface area contributed by atoms with E-state index >= 15 is 0 Å². The van der Waals surface area contributed by atoms with Crippen LogP contribution in [0.1, 0.15) is 27.8 Å². The predicted molar refractivity (Wildman–Crippen MR) is 80.8 cm³/mol. The molecule has 0 amide bonds. The molecule has 2 aromatic rings. The summed E-state index contributed by atoms with van der Waals surface area (Å²) in [5, 5.41) is 13.3. The lowest BCUT2D eigenvalue weighted by molar-refractivity contribution is 0.467. The van der Waals surface area contributed by atoms with Crippen LogP contribution in [-0.4, -0.2) is 5.11 Å². The second-order valence-electron chi connectivity index (χ2n) is 5.12. The van der Waals surface area contributed by atoms with Gasteiger partial charge in [0.2, 0.25) is 0 Å². The summed E-state index contributed by atoms with van der Waals surface area (Å²) in [7, 11) is 0. The van der Waals surface area contributed by atoms with Gasteiger partial charge in [0.15, 0.2) is 0 Å². The van der Waals surface area contributed by atoms with Gasteiger partial charge in [-0.15, -0.1) is 0 Å². The van der Waals surface area contributed by atoms with Crippen molar-refractivity contribution in [3.63, 3.8) is 0 Å². The number of phenolic OH excluding ortho intramolecular Hbond substituents is 1. The van der Waals surface area contributed by atoms with Crippen molar-refractivity contribution in [3.05, 3.63) is 58.1 Å². The van der Waals surface area contributed by atoms with E-state index in [2.05, 4.69) is 37.4 Å². The third-order valence-corrected chi connectivity index (χ3v) is 3.82. The van der Waals surface area contributed by atoms with E-state index in [-0.39, 0.29) is 0 Å². The maximum Gasteiger partial charge on any atom is 0.123 e. The van der Waals surface area contributed by atoms with Crippen molar-refractivity contribution in [1.82, 2.24) is 0 Å². The Balaban J connectivity index is 2.20. The Labute approximate surface area is 115 Å². The first-order chi connectivity index (χ1) is 9.00. The fourth-order valence-electron chi connectivity index (χ4n) is 2.22. The molecule has 19 heavy (non-hydrogen) atoms. The number of benzene rings is 2. The summed E-state index contributed by atoms with van der Waals surface area (Å²) in [5.41, 5.74) is 6.73. The number of nitrogens with one attached hydrogen (secondary N) is 1. The van der Waals surface area contributed by atoms with Crippen molar-refractivity contribution < 1.29 is 5.11 Å². The summed E-state index contributed by atoms with van der Waals surface area (Å²) in [6.45, 7) is 8.90. The Hall–Kier alpha value is -1.96. The number of hydrogen-bond donors (Lipinski definition) is 2. The number of phenols is 1. The van der Waals surface area contributed by atoms with Crippen LogP contribution >= 0.6 is 0 Å². The zero-order chi connectivity index (χ0) is 14.0. The van der Waals surface area contributed by atoms with Gasteiger partial charge in [-0.2, -0.15) is 0 Å². The molecule has 2 aromatic carbocycles. The van der Waals surface area contributed by atoms with E-state index in [0.717, 1.165) is 23.4 Å². The normalized spacial score (nSPS) is 10.5. The third-order valence-electron chi connectivity index (χ3n) is 3.82. The largest absolute Gasteiger partial charge is 0.507 e. The topological polar surface area (TPSA) is 32.3 Å². The van der Waals surface area contributed by atoms with E-state index < -0.39 is 0 Å². The van der Waals surface area contributed by atoms with Gasteiger partial charge in [-0.1, -0.05) is 24.3 Å². The lowest BCUT2D eigenvalue weighted by Crippen LogP contribution is -2.03. The van der Waals surface area contributed by atoms with E-state index in [1.165, 1.54) is 16.7 Å². The number of aryl methyl sites for hydroxylation is 2. The molecule has 2 N–H and O–H groups in total. The van der Waals surface area contributed by atoms with Crippen molar-refractivity contribution in [1.29, 1.82) is 0 Å². The summed E-state index contributed by atoms with van der Waals surface area (Å²) < 4.78 is 0. The van der Waals surface area contributed by atoms with E-state index in [1.807, 2.05) is 26.0 Å². The summed E-state index contributed by atoms with van der Waals surface area (Å²) in [6.07, 6.45) is 0. The Morgan fingerprint density at radius 2 is 1.63 bits per heavy atom. The first kappa shape index (κ1) is 13.5. The second-order valence-corrected chi connectivity index (χ2v) is 5.12. The molecule has 0 aliphatic carbocycles. The molecule has 2 heteroatoms.